The summed E-state index contributed by atoms with van der Waals surface area (Å²) in [6, 6.07) is 10.3. The van der Waals surface area contributed by atoms with Gasteiger partial charge in [-0.15, -0.1) is 0 Å². The molecule has 0 saturated carbocycles. The molecule has 1 N–H and O–H groups in total. The maximum atomic E-state index is 13.1. The molecule has 0 aliphatic heterocycles. The number of amides is 2. The third-order valence-corrected chi connectivity index (χ3v) is 4.16. The first-order chi connectivity index (χ1) is 12.6. The van der Waals surface area contributed by atoms with Crippen molar-refractivity contribution >= 4 is 23.2 Å². The molecule has 0 radical (unpaired) electrons. The quantitative estimate of drug-likeness (QED) is 0.829. The lowest BCUT2D eigenvalue weighted by Gasteiger charge is -2.25. The monoisotopic (exact) mass is 378 g/mol. The minimum absolute atomic E-state index is 0.334. The zero-order valence-electron chi connectivity index (χ0n) is 15.4. The topological polar surface area (TPSA) is 49.4 Å². The fourth-order valence-electron chi connectivity index (χ4n) is 2.91. The predicted molar refractivity (Wildman–Crippen MR) is 98.7 cm³/mol. The van der Waals surface area contributed by atoms with E-state index in [2.05, 4.69) is 5.32 Å². The Morgan fingerprint density at radius 3 is 2.33 bits per heavy atom. The molecule has 0 aromatic heterocycles. The maximum Gasteiger partial charge on any atom is 0.418 e. The molecule has 0 heterocycles. The van der Waals surface area contributed by atoms with Crippen LogP contribution in [0.5, 0.6) is 0 Å². The molecule has 4 nitrogen and oxygen atoms in total. The molecular formula is C20H21F3N2O2. The van der Waals surface area contributed by atoms with Gasteiger partial charge in [0.15, 0.2) is 0 Å². The molecule has 0 bridgehead atoms. The molecule has 27 heavy (non-hydrogen) atoms. The van der Waals surface area contributed by atoms with Crippen LogP contribution >= 0.6 is 0 Å². The van der Waals surface area contributed by atoms with Gasteiger partial charge in [-0.05, 0) is 36.6 Å². The highest BCUT2D eigenvalue weighted by Gasteiger charge is 2.33. The van der Waals surface area contributed by atoms with Crippen molar-refractivity contribution in [3.05, 3.63) is 59.2 Å². The van der Waals surface area contributed by atoms with E-state index in [0.717, 1.165) is 17.2 Å². The van der Waals surface area contributed by atoms with Crippen molar-refractivity contribution in [3.8, 4) is 0 Å². The Labute approximate surface area is 156 Å². The Hall–Kier alpha value is -2.83. The molecule has 0 atom stereocenters. The second-order valence-electron chi connectivity index (χ2n) is 6.13. The van der Waals surface area contributed by atoms with E-state index in [1.165, 1.54) is 30.0 Å². The van der Waals surface area contributed by atoms with E-state index in [1.807, 2.05) is 32.0 Å². The molecule has 7 heteroatoms. The molecule has 2 rings (SSSR count). The number of nitrogens with one attached hydrogen (secondary N) is 1. The summed E-state index contributed by atoms with van der Waals surface area (Å²) in [5, 5.41) is 2.28. The van der Waals surface area contributed by atoms with Gasteiger partial charge in [0, 0.05) is 6.92 Å². The average molecular weight is 378 g/mol. The number of para-hydroxylation sites is 2. The summed E-state index contributed by atoms with van der Waals surface area (Å²) >= 11 is 0. The fourth-order valence-corrected chi connectivity index (χ4v) is 2.91. The van der Waals surface area contributed by atoms with Gasteiger partial charge in [0.2, 0.25) is 11.8 Å². The largest absolute Gasteiger partial charge is 0.418 e. The van der Waals surface area contributed by atoms with Crippen LogP contribution in [0, 0.1) is 6.92 Å². The van der Waals surface area contributed by atoms with Crippen LogP contribution < -0.4 is 10.2 Å². The molecule has 0 fully saturated rings. The summed E-state index contributed by atoms with van der Waals surface area (Å²) in [6.45, 7) is 4.69. The van der Waals surface area contributed by atoms with E-state index >= 15 is 0 Å². The van der Waals surface area contributed by atoms with E-state index in [9.17, 15) is 22.8 Å². The standard InChI is InChI=1S/C20H21F3N2O2/c1-4-15-9-7-8-13(2)19(15)25(14(3)26)12-18(27)24-17-11-6-5-10-16(17)20(21,22)23/h5-11H,4,12H2,1-3H3,(H,24,27). The zero-order valence-corrected chi connectivity index (χ0v) is 15.4. The summed E-state index contributed by atoms with van der Waals surface area (Å²) < 4.78 is 39.3. The number of carbonyl (C=O) groups is 2. The number of nitrogens with zero attached hydrogens (tertiary/aromatic N) is 1. The minimum Gasteiger partial charge on any atom is -0.324 e. The first-order valence-corrected chi connectivity index (χ1v) is 8.47. The SMILES string of the molecule is CCc1cccc(C)c1N(CC(=O)Nc1ccccc1C(F)(F)F)C(C)=O. The van der Waals surface area contributed by atoms with Gasteiger partial charge >= 0.3 is 6.18 Å². The van der Waals surface area contributed by atoms with Crippen molar-refractivity contribution in [3.63, 3.8) is 0 Å². The molecule has 0 saturated heterocycles. The van der Waals surface area contributed by atoms with Gasteiger partial charge in [0.25, 0.3) is 0 Å². The molecule has 2 amide bonds. The summed E-state index contributed by atoms with van der Waals surface area (Å²) in [4.78, 5) is 25.9. The third kappa shape index (κ3) is 4.87. The van der Waals surface area contributed by atoms with Crippen LogP contribution in [0.25, 0.3) is 0 Å². The van der Waals surface area contributed by atoms with Gasteiger partial charge in [-0.25, -0.2) is 0 Å². The van der Waals surface area contributed by atoms with Crippen LogP contribution in [-0.4, -0.2) is 18.4 Å². The summed E-state index contributed by atoms with van der Waals surface area (Å²) in [6.07, 6.45) is -3.94. The lowest BCUT2D eigenvalue weighted by molar-refractivity contribution is -0.137. The number of halogens is 3. The van der Waals surface area contributed by atoms with Crippen LogP contribution in [-0.2, 0) is 22.2 Å². The van der Waals surface area contributed by atoms with Crippen LogP contribution in [0.2, 0.25) is 0 Å². The van der Waals surface area contributed by atoms with Gasteiger partial charge in [-0.2, -0.15) is 13.2 Å². The minimum atomic E-state index is -4.59. The van der Waals surface area contributed by atoms with Crippen LogP contribution in [0.1, 0.15) is 30.5 Å². The summed E-state index contributed by atoms with van der Waals surface area (Å²) in [5.41, 5.74) is 1.05. The first kappa shape index (κ1) is 20.5. The summed E-state index contributed by atoms with van der Waals surface area (Å²) in [7, 11) is 0. The van der Waals surface area contributed by atoms with Crippen LogP contribution in [0.3, 0.4) is 0 Å². The van der Waals surface area contributed by atoms with E-state index in [-0.39, 0.29) is 18.1 Å². The molecule has 0 unspecified atom stereocenters. The highest BCUT2D eigenvalue weighted by molar-refractivity contribution is 6.03. The lowest BCUT2D eigenvalue weighted by Crippen LogP contribution is -2.38. The highest BCUT2D eigenvalue weighted by atomic mass is 19.4. The van der Waals surface area contributed by atoms with E-state index in [0.29, 0.717) is 12.1 Å². The second-order valence-corrected chi connectivity index (χ2v) is 6.13. The Morgan fingerprint density at radius 2 is 1.74 bits per heavy atom. The number of aryl methyl sites for hydroxylation is 2. The molecule has 0 aliphatic rings. The fraction of sp³-hybridized carbons (Fsp3) is 0.300. The Bertz CT molecular complexity index is 847. The van der Waals surface area contributed by atoms with Crippen molar-refractivity contribution in [2.45, 2.75) is 33.4 Å². The number of hydrogen-bond donors (Lipinski definition) is 1. The van der Waals surface area contributed by atoms with Crippen molar-refractivity contribution in [2.24, 2.45) is 0 Å². The molecule has 0 spiro atoms. The molecule has 144 valence electrons. The van der Waals surface area contributed by atoms with E-state index in [4.69, 9.17) is 0 Å². The number of benzene rings is 2. The molecule has 0 aliphatic carbocycles. The number of carbonyl (C=O) groups excluding carboxylic acids is 2. The highest BCUT2D eigenvalue weighted by Crippen LogP contribution is 2.34. The van der Waals surface area contributed by atoms with Gasteiger partial charge in [0.05, 0.1) is 16.9 Å². The van der Waals surface area contributed by atoms with Crippen molar-refractivity contribution in [2.75, 3.05) is 16.8 Å². The predicted octanol–water partition coefficient (Wildman–Crippen LogP) is 4.57. The Kier molecular flexibility index (Phi) is 6.25. The number of hydrogen-bond acceptors (Lipinski definition) is 2. The number of alkyl halides is 3. The van der Waals surface area contributed by atoms with Crippen molar-refractivity contribution in [1.82, 2.24) is 0 Å². The Morgan fingerprint density at radius 1 is 1.07 bits per heavy atom. The maximum absolute atomic E-state index is 13.1. The van der Waals surface area contributed by atoms with Crippen molar-refractivity contribution in [1.29, 1.82) is 0 Å². The summed E-state index contributed by atoms with van der Waals surface area (Å²) in [5.74, 6) is -1.06. The first-order valence-electron chi connectivity index (χ1n) is 8.47. The normalized spacial score (nSPS) is 11.2. The van der Waals surface area contributed by atoms with Crippen LogP contribution in [0.15, 0.2) is 42.5 Å². The van der Waals surface area contributed by atoms with Crippen LogP contribution in [0.4, 0.5) is 24.5 Å². The Balaban J connectivity index is 2.30. The van der Waals surface area contributed by atoms with Gasteiger partial charge < -0.3 is 10.2 Å². The average Bonchev–Trinajstić information content (AvgIpc) is 2.59. The van der Waals surface area contributed by atoms with Gasteiger partial charge in [-0.3, -0.25) is 9.59 Å². The van der Waals surface area contributed by atoms with Gasteiger partial charge in [0.1, 0.15) is 6.54 Å². The lowest BCUT2D eigenvalue weighted by atomic mass is 10.0. The number of anilines is 2. The van der Waals surface area contributed by atoms with E-state index in [1.54, 1.807) is 0 Å². The molecular weight excluding hydrogens is 357 g/mol. The second kappa shape index (κ2) is 8.24. The van der Waals surface area contributed by atoms with Gasteiger partial charge in [-0.1, -0.05) is 37.3 Å². The van der Waals surface area contributed by atoms with E-state index < -0.39 is 17.6 Å². The number of rotatable bonds is 5. The zero-order chi connectivity index (χ0) is 20.2. The molecule has 2 aromatic carbocycles. The third-order valence-electron chi connectivity index (χ3n) is 4.16. The van der Waals surface area contributed by atoms with Crippen molar-refractivity contribution < 1.29 is 22.8 Å². The smallest absolute Gasteiger partial charge is 0.324 e. The molecule has 2 aromatic rings.